The summed E-state index contributed by atoms with van der Waals surface area (Å²) in [5.41, 5.74) is 2.64. The van der Waals surface area contributed by atoms with Gasteiger partial charge < -0.3 is 38.1 Å². The van der Waals surface area contributed by atoms with Crippen LogP contribution in [0.25, 0.3) is 0 Å². The van der Waals surface area contributed by atoms with Gasteiger partial charge in [0.15, 0.2) is 23.0 Å². The van der Waals surface area contributed by atoms with E-state index in [0.29, 0.717) is 61.0 Å². The molecule has 3 aromatic carbocycles. The number of methoxy groups -OCH3 is 5. The molecule has 334 valence electrons. The van der Waals surface area contributed by atoms with Crippen LogP contribution in [-0.2, 0) is 20.7 Å². The van der Waals surface area contributed by atoms with E-state index in [1.54, 1.807) is 40.4 Å². The van der Waals surface area contributed by atoms with Gasteiger partial charge in [0.1, 0.15) is 17.9 Å². The molecule has 0 aromatic heterocycles. The van der Waals surface area contributed by atoms with Crippen molar-refractivity contribution in [3.8, 4) is 34.5 Å². The average molecular weight is 842 g/mol. The van der Waals surface area contributed by atoms with Gasteiger partial charge in [0.2, 0.25) is 11.7 Å². The third-order valence-electron chi connectivity index (χ3n) is 13.6. The number of benzene rings is 3. The SMILES string of the molecule is CC[C@H](C(=O)N1CCCC[C@H]1C(=O)O[C@H](CCc1ccc(OC)c(OC)c1)c1ccccc1OC1CCCCC(C2CCCCCC2)CC1)c1cc(OC)c(OC)c(OC)c1. The van der Waals surface area contributed by atoms with Crippen molar-refractivity contribution >= 4 is 11.9 Å². The summed E-state index contributed by atoms with van der Waals surface area (Å²) in [6.45, 7) is 2.46. The normalized spacial score (nSPS) is 21.1. The van der Waals surface area contributed by atoms with E-state index in [1.165, 1.54) is 57.8 Å². The Morgan fingerprint density at radius 2 is 1.28 bits per heavy atom. The second-order valence-corrected chi connectivity index (χ2v) is 17.3. The van der Waals surface area contributed by atoms with Crippen LogP contribution in [0.2, 0.25) is 0 Å². The molecule has 1 heterocycles. The van der Waals surface area contributed by atoms with Gasteiger partial charge in [0, 0.05) is 12.1 Å². The van der Waals surface area contributed by atoms with E-state index < -0.39 is 24.0 Å². The molecular weight excluding hydrogens is 771 g/mol. The number of hydrogen-bond donors (Lipinski definition) is 0. The van der Waals surface area contributed by atoms with E-state index in [4.69, 9.17) is 33.2 Å². The number of nitrogens with zero attached hydrogens (tertiary/aromatic N) is 1. The first-order valence-corrected chi connectivity index (χ1v) is 23.1. The molecule has 1 amide bonds. The molecule has 2 unspecified atom stereocenters. The summed E-state index contributed by atoms with van der Waals surface area (Å²) >= 11 is 0. The van der Waals surface area contributed by atoms with Crippen LogP contribution in [0.3, 0.4) is 0 Å². The van der Waals surface area contributed by atoms with Gasteiger partial charge in [0.25, 0.3) is 0 Å². The van der Waals surface area contributed by atoms with Gasteiger partial charge in [-0.15, -0.1) is 0 Å². The van der Waals surface area contributed by atoms with Crippen molar-refractivity contribution in [1.82, 2.24) is 4.90 Å². The van der Waals surface area contributed by atoms with E-state index in [1.807, 2.05) is 61.5 Å². The molecule has 2 aliphatic carbocycles. The fourth-order valence-electron chi connectivity index (χ4n) is 10.2. The highest BCUT2D eigenvalue weighted by atomic mass is 16.6. The molecule has 5 atom stereocenters. The Morgan fingerprint density at radius 1 is 0.639 bits per heavy atom. The van der Waals surface area contributed by atoms with Crippen LogP contribution in [0.5, 0.6) is 34.5 Å². The summed E-state index contributed by atoms with van der Waals surface area (Å²) in [5.74, 6) is 4.10. The Morgan fingerprint density at radius 3 is 1.95 bits per heavy atom. The molecule has 10 nitrogen and oxygen atoms in total. The van der Waals surface area contributed by atoms with Gasteiger partial charge in [-0.1, -0.05) is 82.6 Å². The topological polar surface area (TPSA) is 102 Å². The molecule has 0 bridgehead atoms. The van der Waals surface area contributed by atoms with E-state index in [9.17, 15) is 9.59 Å². The van der Waals surface area contributed by atoms with Crippen LogP contribution in [0, 0.1) is 11.8 Å². The number of carbonyl (C=O) groups is 2. The summed E-state index contributed by atoms with van der Waals surface area (Å²) in [5, 5.41) is 0. The molecular formula is C51H71NO9. The summed E-state index contributed by atoms with van der Waals surface area (Å²) < 4.78 is 41.6. The van der Waals surface area contributed by atoms with Gasteiger partial charge in [-0.2, -0.15) is 0 Å². The minimum atomic E-state index is -0.722. The van der Waals surface area contributed by atoms with Gasteiger partial charge in [-0.05, 0) is 118 Å². The Balaban J connectivity index is 1.25. The van der Waals surface area contributed by atoms with Gasteiger partial charge in [-0.25, -0.2) is 4.79 Å². The highest BCUT2D eigenvalue weighted by molar-refractivity contribution is 5.89. The molecule has 3 aromatic rings. The lowest BCUT2D eigenvalue weighted by molar-refractivity contribution is -0.162. The van der Waals surface area contributed by atoms with E-state index in [0.717, 1.165) is 66.4 Å². The quantitative estimate of drug-likeness (QED) is 0.0971. The van der Waals surface area contributed by atoms with E-state index in [2.05, 4.69) is 0 Å². The molecule has 0 N–H and O–H groups in total. The lowest BCUT2D eigenvalue weighted by Crippen LogP contribution is -2.50. The second-order valence-electron chi connectivity index (χ2n) is 17.3. The average Bonchev–Trinajstić information content (AvgIpc) is 3.58. The van der Waals surface area contributed by atoms with Crippen LogP contribution >= 0.6 is 0 Å². The van der Waals surface area contributed by atoms with E-state index in [-0.39, 0.29) is 12.0 Å². The van der Waals surface area contributed by atoms with Gasteiger partial charge in [-0.3, -0.25) is 4.79 Å². The molecule has 61 heavy (non-hydrogen) atoms. The number of ether oxygens (including phenoxy) is 7. The van der Waals surface area contributed by atoms with Crippen LogP contribution in [-0.4, -0.2) is 71.0 Å². The molecule has 3 aliphatic rings. The maximum Gasteiger partial charge on any atom is 0.329 e. The van der Waals surface area contributed by atoms with E-state index >= 15 is 0 Å². The number of rotatable bonds is 17. The number of piperidine rings is 1. The minimum absolute atomic E-state index is 0.101. The molecule has 3 fully saturated rings. The summed E-state index contributed by atoms with van der Waals surface area (Å²) in [7, 11) is 7.96. The summed E-state index contributed by atoms with van der Waals surface area (Å²) in [4.78, 5) is 31.0. The number of hydrogen-bond acceptors (Lipinski definition) is 9. The predicted molar refractivity (Wildman–Crippen MR) is 238 cm³/mol. The summed E-state index contributed by atoms with van der Waals surface area (Å²) in [6.07, 6.45) is 18.6. The van der Waals surface area contributed by atoms with Crippen LogP contribution in [0.4, 0.5) is 0 Å². The Kier molecular flexibility index (Phi) is 17.3. The maximum atomic E-state index is 14.7. The lowest BCUT2D eigenvalue weighted by atomic mass is 9.78. The number of aryl methyl sites for hydroxylation is 1. The number of para-hydroxylation sites is 1. The van der Waals surface area contributed by atoms with Crippen molar-refractivity contribution in [2.45, 2.75) is 147 Å². The molecule has 1 aliphatic heterocycles. The number of amides is 1. The fourth-order valence-corrected chi connectivity index (χ4v) is 10.2. The molecule has 1 saturated heterocycles. The Bertz CT molecular complexity index is 1830. The third kappa shape index (κ3) is 11.7. The third-order valence-corrected chi connectivity index (χ3v) is 13.6. The van der Waals surface area contributed by atoms with Gasteiger partial charge in [0.05, 0.1) is 47.6 Å². The fraction of sp³-hybridized carbons (Fsp3) is 0.608. The Labute approximate surface area is 364 Å². The van der Waals surface area contributed by atoms with Crippen LogP contribution in [0.1, 0.15) is 145 Å². The second kappa shape index (κ2) is 23.0. The largest absolute Gasteiger partial charge is 0.493 e. The van der Waals surface area contributed by atoms with Crippen molar-refractivity contribution in [2.24, 2.45) is 11.8 Å². The molecule has 0 radical (unpaired) electrons. The standard InChI is InChI=1S/C51H71NO9/c1-7-40(38-33-47(57-4)49(59-6)48(34-38)58-5)50(53)52-31-17-16-23-42(52)51(54)61-44(29-25-35-26-30-45(55-2)46(32-35)56-3)41-22-14-15-24-43(41)60-39-21-13-12-20-37(27-28-39)36-18-10-8-9-11-19-36/h14-15,22,24,26,30,32-34,36-37,39-40,42,44H,7-13,16-21,23,25,27-29,31H2,1-6H3/t37?,39?,40-,42-,44+/m0/s1. The molecule has 2 saturated carbocycles. The van der Waals surface area contributed by atoms with Crippen molar-refractivity contribution < 1.29 is 42.7 Å². The van der Waals surface area contributed by atoms with Crippen molar-refractivity contribution in [1.29, 1.82) is 0 Å². The summed E-state index contributed by atoms with van der Waals surface area (Å²) in [6, 6.07) is 16.9. The number of carbonyl (C=O) groups excluding carboxylic acids is 2. The molecule has 6 rings (SSSR count). The zero-order chi connectivity index (χ0) is 43.1. The first-order chi connectivity index (χ1) is 29.8. The monoisotopic (exact) mass is 842 g/mol. The minimum Gasteiger partial charge on any atom is -0.493 e. The van der Waals surface area contributed by atoms with Crippen molar-refractivity contribution in [3.63, 3.8) is 0 Å². The van der Waals surface area contributed by atoms with Crippen LogP contribution < -0.4 is 28.4 Å². The highest BCUT2D eigenvalue weighted by Gasteiger charge is 2.38. The predicted octanol–water partition coefficient (Wildman–Crippen LogP) is 11.2. The first kappa shape index (κ1) is 45.9. The zero-order valence-corrected chi connectivity index (χ0v) is 37.7. The molecule has 10 heteroatoms. The number of likely N-dealkylation sites (tertiary alicyclic amines) is 1. The zero-order valence-electron chi connectivity index (χ0n) is 37.7. The molecule has 0 spiro atoms. The van der Waals surface area contributed by atoms with Crippen molar-refractivity contribution in [2.75, 3.05) is 42.1 Å². The number of esters is 1. The lowest BCUT2D eigenvalue weighted by Gasteiger charge is -2.37. The first-order valence-electron chi connectivity index (χ1n) is 23.1. The van der Waals surface area contributed by atoms with Crippen LogP contribution in [0.15, 0.2) is 54.6 Å². The van der Waals surface area contributed by atoms with Crippen molar-refractivity contribution in [3.05, 3.63) is 71.3 Å². The van der Waals surface area contributed by atoms with Gasteiger partial charge >= 0.3 is 5.97 Å². The Hall–Kier alpha value is -4.60. The smallest absolute Gasteiger partial charge is 0.329 e. The highest BCUT2D eigenvalue weighted by Crippen LogP contribution is 2.43. The maximum absolute atomic E-state index is 14.7.